The lowest BCUT2D eigenvalue weighted by Gasteiger charge is -2.31. The predicted octanol–water partition coefficient (Wildman–Crippen LogP) is 3.10. The average Bonchev–Trinajstić information content (AvgIpc) is 2.38. The lowest BCUT2D eigenvalue weighted by atomic mass is 10.3. The molecule has 1 heterocycles. The maximum atomic E-state index is 13.1. The molecule has 1 aromatic carbocycles. The summed E-state index contributed by atoms with van der Waals surface area (Å²) in [7, 11) is -3.55. The molecule has 19 heavy (non-hydrogen) atoms. The molecule has 1 unspecified atom stereocenters. The van der Waals surface area contributed by atoms with Gasteiger partial charge in [0, 0.05) is 28.6 Å². The van der Waals surface area contributed by atoms with E-state index in [1.165, 1.54) is 22.5 Å². The highest BCUT2D eigenvalue weighted by Gasteiger charge is 2.31. The molecule has 1 aliphatic rings. The fourth-order valence-corrected chi connectivity index (χ4v) is 5.87. The van der Waals surface area contributed by atoms with Crippen LogP contribution >= 0.6 is 27.7 Å². The van der Waals surface area contributed by atoms with Crippen LogP contribution in [0.1, 0.15) is 13.3 Å². The second kappa shape index (κ2) is 6.11. The van der Waals surface area contributed by atoms with Crippen molar-refractivity contribution in [3.8, 4) is 0 Å². The summed E-state index contributed by atoms with van der Waals surface area (Å²) in [6, 6.07) is 3.67. The molecule has 1 fully saturated rings. The number of hydrogen-bond acceptors (Lipinski definition) is 3. The smallest absolute Gasteiger partial charge is 0.207 e. The van der Waals surface area contributed by atoms with Crippen LogP contribution in [-0.4, -0.2) is 36.8 Å². The normalized spacial score (nSPS) is 21.5. The Hall–Kier alpha value is -0.110. The van der Waals surface area contributed by atoms with Gasteiger partial charge in [-0.2, -0.15) is 16.1 Å². The Balaban J connectivity index is 2.31. The second-order valence-electron chi connectivity index (χ2n) is 4.34. The molecule has 0 spiro atoms. The van der Waals surface area contributed by atoms with Crippen LogP contribution < -0.4 is 0 Å². The number of nitrogens with zero attached hydrogens (tertiary/aromatic N) is 1. The number of sulfonamides is 1. The third kappa shape index (κ3) is 3.32. The average molecular weight is 368 g/mol. The summed E-state index contributed by atoms with van der Waals surface area (Å²) < 4.78 is 39.9. The summed E-state index contributed by atoms with van der Waals surface area (Å²) in [5, 5.41) is 0.336. The van der Waals surface area contributed by atoms with Crippen molar-refractivity contribution in [3.63, 3.8) is 0 Å². The highest BCUT2D eigenvalue weighted by Crippen LogP contribution is 2.30. The van der Waals surface area contributed by atoms with Crippen molar-refractivity contribution in [2.24, 2.45) is 0 Å². The fourth-order valence-electron chi connectivity index (χ4n) is 1.98. The summed E-state index contributed by atoms with van der Waals surface area (Å²) >= 11 is 4.94. The molecule has 2 rings (SSSR count). The molecule has 1 aromatic rings. The van der Waals surface area contributed by atoms with Crippen LogP contribution in [0.15, 0.2) is 27.6 Å². The van der Waals surface area contributed by atoms with Gasteiger partial charge in [0.05, 0.1) is 4.90 Å². The first-order valence-corrected chi connectivity index (χ1v) is 9.30. The van der Waals surface area contributed by atoms with Gasteiger partial charge in [-0.05, 0) is 40.5 Å². The van der Waals surface area contributed by atoms with Crippen molar-refractivity contribution in [1.82, 2.24) is 4.31 Å². The molecule has 1 aliphatic heterocycles. The minimum atomic E-state index is -3.55. The zero-order valence-electron chi connectivity index (χ0n) is 10.5. The van der Waals surface area contributed by atoms with E-state index in [1.807, 2.05) is 11.8 Å². The van der Waals surface area contributed by atoms with Crippen molar-refractivity contribution in [3.05, 3.63) is 28.5 Å². The topological polar surface area (TPSA) is 37.4 Å². The SMILES string of the molecule is CCC1CN(S(=O)(=O)c2ccc(F)cc2Br)CCS1. The van der Waals surface area contributed by atoms with Crippen LogP contribution in [-0.2, 0) is 10.0 Å². The first-order chi connectivity index (χ1) is 8.95. The maximum Gasteiger partial charge on any atom is 0.244 e. The van der Waals surface area contributed by atoms with E-state index in [0.717, 1.165) is 12.2 Å². The number of hydrogen-bond donors (Lipinski definition) is 0. The van der Waals surface area contributed by atoms with Crippen LogP contribution in [0.2, 0.25) is 0 Å². The molecule has 1 saturated heterocycles. The van der Waals surface area contributed by atoms with Crippen molar-refractivity contribution in [2.45, 2.75) is 23.5 Å². The molecule has 0 N–H and O–H groups in total. The summed E-state index contributed by atoms with van der Waals surface area (Å²) in [4.78, 5) is 0.135. The van der Waals surface area contributed by atoms with E-state index in [1.54, 1.807) is 0 Å². The molecular formula is C12H15BrFNO2S2. The van der Waals surface area contributed by atoms with Crippen molar-refractivity contribution in [2.75, 3.05) is 18.8 Å². The van der Waals surface area contributed by atoms with Crippen LogP contribution in [0, 0.1) is 5.82 Å². The van der Waals surface area contributed by atoms with Gasteiger partial charge in [0.2, 0.25) is 10.0 Å². The zero-order valence-corrected chi connectivity index (χ0v) is 13.7. The van der Waals surface area contributed by atoms with Gasteiger partial charge in [-0.3, -0.25) is 0 Å². The Bertz CT molecular complexity index is 565. The van der Waals surface area contributed by atoms with Gasteiger partial charge < -0.3 is 0 Å². The van der Waals surface area contributed by atoms with Gasteiger partial charge in [0.15, 0.2) is 0 Å². The molecule has 0 aromatic heterocycles. The van der Waals surface area contributed by atoms with Crippen molar-refractivity contribution in [1.29, 1.82) is 0 Å². The third-order valence-electron chi connectivity index (χ3n) is 3.07. The minimum absolute atomic E-state index is 0.135. The minimum Gasteiger partial charge on any atom is -0.207 e. The zero-order chi connectivity index (χ0) is 14.0. The quantitative estimate of drug-likeness (QED) is 0.823. The standard InChI is InChI=1S/C12H15BrFNO2S2/c1-2-10-8-15(5-6-18-10)19(16,17)12-4-3-9(14)7-11(12)13/h3-4,7,10H,2,5-6,8H2,1H3. The highest BCUT2D eigenvalue weighted by molar-refractivity contribution is 9.10. The molecule has 106 valence electrons. The van der Waals surface area contributed by atoms with Crippen molar-refractivity contribution < 1.29 is 12.8 Å². The lowest BCUT2D eigenvalue weighted by Crippen LogP contribution is -2.41. The van der Waals surface area contributed by atoms with E-state index in [4.69, 9.17) is 0 Å². The Labute approximate surface area is 125 Å². The van der Waals surface area contributed by atoms with Crippen LogP contribution in [0.5, 0.6) is 0 Å². The van der Waals surface area contributed by atoms with E-state index in [0.29, 0.717) is 18.3 Å². The van der Waals surface area contributed by atoms with Gasteiger partial charge in [0.25, 0.3) is 0 Å². The van der Waals surface area contributed by atoms with Crippen molar-refractivity contribution >= 4 is 37.7 Å². The molecule has 0 aliphatic carbocycles. The van der Waals surface area contributed by atoms with E-state index in [-0.39, 0.29) is 9.37 Å². The van der Waals surface area contributed by atoms with Crippen LogP contribution in [0.25, 0.3) is 0 Å². The van der Waals surface area contributed by atoms with Gasteiger partial charge in [-0.15, -0.1) is 0 Å². The molecule has 0 radical (unpaired) electrons. The van der Waals surface area contributed by atoms with Gasteiger partial charge in [-0.25, -0.2) is 12.8 Å². The highest BCUT2D eigenvalue weighted by atomic mass is 79.9. The Morgan fingerprint density at radius 2 is 2.26 bits per heavy atom. The Morgan fingerprint density at radius 3 is 2.89 bits per heavy atom. The maximum absolute atomic E-state index is 13.1. The lowest BCUT2D eigenvalue weighted by molar-refractivity contribution is 0.415. The molecule has 0 saturated carbocycles. The summed E-state index contributed by atoms with van der Waals surface area (Å²) in [6.45, 7) is 3.09. The Morgan fingerprint density at radius 1 is 1.53 bits per heavy atom. The monoisotopic (exact) mass is 367 g/mol. The molecule has 1 atom stereocenters. The summed E-state index contributed by atoms with van der Waals surface area (Å²) in [5.41, 5.74) is 0. The van der Waals surface area contributed by atoms with Gasteiger partial charge in [-0.1, -0.05) is 6.92 Å². The molecular weight excluding hydrogens is 353 g/mol. The Kier molecular flexibility index (Phi) is 4.92. The number of halogens is 2. The first kappa shape index (κ1) is 15.3. The summed E-state index contributed by atoms with van der Waals surface area (Å²) in [5.74, 6) is 0.350. The van der Waals surface area contributed by atoms with Crippen LogP contribution in [0.3, 0.4) is 0 Å². The summed E-state index contributed by atoms with van der Waals surface area (Å²) in [6.07, 6.45) is 0.946. The van der Waals surface area contributed by atoms with Crippen LogP contribution in [0.4, 0.5) is 4.39 Å². The first-order valence-electron chi connectivity index (χ1n) is 6.02. The predicted molar refractivity (Wildman–Crippen MR) is 79.4 cm³/mol. The molecule has 3 nitrogen and oxygen atoms in total. The largest absolute Gasteiger partial charge is 0.244 e. The molecule has 7 heteroatoms. The number of thioether (sulfide) groups is 1. The number of rotatable bonds is 3. The molecule has 0 amide bonds. The van der Waals surface area contributed by atoms with Gasteiger partial charge in [0.1, 0.15) is 5.82 Å². The fraction of sp³-hybridized carbons (Fsp3) is 0.500. The number of benzene rings is 1. The van der Waals surface area contributed by atoms with E-state index in [2.05, 4.69) is 22.9 Å². The molecule has 0 bridgehead atoms. The third-order valence-corrected chi connectivity index (χ3v) is 7.28. The van der Waals surface area contributed by atoms with E-state index >= 15 is 0 Å². The van der Waals surface area contributed by atoms with Gasteiger partial charge >= 0.3 is 0 Å². The van der Waals surface area contributed by atoms with E-state index in [9.17, 15) is 12.8 Å². The second-order valence-corrected chi connectivity index (χ2v) is 8.51. The van der Waals surface area contributed by atoms with E-state index < -0.39 is 15.8 Å².